The molecule has 0 radical (unpaired) electrons. The molecule has 0 saturated carbocycles. The van der Waals surface area contributed by atoms with Gasteiger partial charge in [-0.1, -0.05) is 18.2 Å². The Hall–Kier alpha value is -2.40. The lowest BCUT2D eigenvalue weighted by Gasteiger charge is -2.10. The first-order valence-electron chi connectivity index (χ1n) is 6.62. The summed E-state index contributed by atoms with van der Waals surface area (Å²) >= 11 is 0. The van der Waals surface area contributed by atoms with Gasteiger partial charge in [0.25, 0.3) is 0 Å². The van der Waals surface area contributed by atoms with Crippen LogP contribution in [0.1, 0.15) is 17.1 Å². The maximum atomic E-state index is 4.29. The van der Waals surface area contributed by atoms with E-state index < -0.39 is 0 Å². The topological polar surface area (TPSA) is 58.5 Å². The van der Waals surface area contributed by atoms with Crippen molar-refractivity contribution in [1.82, 2.24) is 25.1 Å². The molecule has 5 heteroatoms. The van der Waals surface area contributed by atoms with Gasteiger partial charge in [-0.25, -0.2) is 9.67 Å². The van der Waals surface area contributed by atoms with E-state index >= 15 is 0 Å². The van der Waals surface area contributed by atoms with Crippen LogP contribution in [0.15, 0.2) is 48.9 Å². The molecule has 0 aliphatic carbocycles. The fourth-order valence-corrected chi connectivity index (χ4v) is 2.19. The third kappa shape index (κ3) is 2.78. The van der Waals surface area contributed by atoms with E-state index in [-0.39, 0.29) is 0 Å². The van der Waals surface area contributed by atoms with E-state index in [1.165, 1.54) is 5.56 Å². The van der Waals surface area contributed by atoms with Gasteiger partial charge in [-0.15, -0.1) is 0 Å². The molecule has 0 unspecified atom stereocenters. The molecule has 1 aromatic carbocycles. The van der Waals surface area contributed by atoms with Gasteiger partial charge in [0.05, 0.1) is 5.69 Å². The Balaban J connectivity index is 1.68. The Labute approximate surface area is 117 Å². The Bertz CT molecular complexity index is 669. The molecule has 0 spiro atoms. The minimum absolute atomic E-state index is 0.772. The molecule has 0 aliphatic rings. The van der Waals surface area contributed by atoms with Crippen LogP contribution < -0.4 is 5.32 Å². The van der Waals surface area contributed by atoms with E-state index in [0.29, 0.717) is 0 Å². The summed E-state index contributed by atoms with van der Waals surface area (Å²) in [6.45, 7) is 3.51. The molecule has 0 atom stereocenters. The van der Waals surface area contributed by atoms with Crippen molar-refractivity contribution >= 4 is 0 Å². The summed E-state index contributed by atoms with van der Waals surface area (Å²) in [7, 11) is 0. The van der Waals surface area contributed by atoms with E-state index in [2.05, 4.69) is 32.5 Å². The molecule has 2 aromatic heterocycles. The van der Waals surface area contributed by atoms with Crippen molar-refractivity contribution in [2.75, 3.05) is 0 Å². The lowest BCUT2D eigenvalue weighted by molar-refractivity contribution is 0.675. The van der Waals surface area contributed by atoms with Crippen LogP contribution in [0.25, 0.3) is 5.69 Å². The predicted molar refractivity (Wildman–Crippen MR) is 77.4 cm³/mol. The van der Waals surface area contributed by atoms with Crippen molar-refractivity contribution in [2.45, 2.75) is 20.0 Å². The number of aromatic amines is 1. The van der Waals surface area contributed by atoms with Gasteiger partial charge >= 0.3 is 0 Å². The lowest BCUT2D eigenvalue weighted by atomic mass is 10.2. The average Bonchev–Trinajstić information content (AvgIpc) is 3.11. The third-order valence-electron chi connectivity index (χ3n) is 3.13. The molecule has 0 amide bonds. The molecule has 20 heavy (non-hydrogen) atoms. The van der Waals surface area contributed by atoms with Gasteiger partial charge in [0.2, 0.25) is 0 Å². The van der Waals surface area contributed by atoms with Crippen LogP contribution in [0.3, 0.4) is 0 Å². The number of nitrogens with one attached hydrogen (secondary N) is 2. The lowest BCUT2D eigenvalue weighted by Crippen LogP contribution is -2.15. The maximum absolute atomic E-state index is 4.29. The van der Waals surface area contributed by atoms with E-state index in [9.17, 15) is 0 Å². The third-order valence-corrected chi connectivity index (χ3v) is 3.13. The number of aromatic nitrogens is 4. The fourth-order valence-electron chi connectivity index (χ4n) is 2.19. The number of hydrogen-bond acceptors (Lipinski definition) is 3. The highest BCUT2D eigenvalue weighted by molar-refractivity contribution is 5.40. The van der Waals surface area contributed by atoms with Crippen LogP contribution in [0.2, 0.25) is 0 Å². The molecule has 2 heterocycles. The molecule has 3 aromatic rings. The van der Waals surface area contributed by atoms with Gasteiger partial charge in [-0.3, -0.25) is 0 Å². The van der Waals surface area contributed by atoms with E-state index in [1.54, 1.807) is 6.20 Å². The molecule has 5 nitrogen and oxygen atoms in total. The summed E-state index contributed by atoms with van der Waals surface area (Å²) in [4.78, 5) is 7.40. The first-order chi connectivity index (χ1) is 9.83. The SMILES string of the molecule is Cc1ncc(CNCc2ccccc2-n2cccn2)[nH]1. The highest BCUT2D eigenvalue weighted by Crippen LogP contribution is 2.13. The van der Waals surface area contributed by atoms with E-state index in [0.717, 1.165) is 30.3 Å². The Kier molecular flexibility index (Phi) is 3.60. The number of H-pyrrole nitrogens is 1. The van der Waals surface area contributed by atoms with Gasteiger partial charge in [0.15, 0.2) is 0 Å². The number of aryl methyl sites for hydroxylation is 1. The molecule has 2 N–H and O–H groups in total. The Morgan fingerprint density at radius 1 is 1.20 bits per heavy atom. The predicted octanol–water partition coefficient (Wildman–Crippen LogP) is 2.19. The standard InChI is InChI=1S/C15H17N5/c1-12-17-11-14(19-12)10-16-9-13-5-2-3-6-15(13)20-8-4-7-18-20/h2-8,11,16H,9-10H2,1H3,(H,17,19). The van der Waals surface area contributed by atoms with Gasteiger partial charge < -0.3 is 10.3 Å². The second kappa shape index (κ2) is 5.71. The molecule has 102 valence electrons. The number of rotatable bonds is 5. The molecule has 0 fully saturated rings. The first-order valence-corrected chi connectivity index (χ1v) is 6.62. The summed E-state index contributed by atoms with van der Waals surface area (Å²) in [5, 5.41) is 7.71. The normalized spacial score (nSPS) is 10.8. The van der Waals surface area contributed by atoms with Crippen LogP contribution >= 0.6 is 0 Å². The smallest absolute Gasteiger partial charge is 0.103 e. The molecular weight excluding hydrogens is 250 g/mol. The molecular formula is C15H17N5. The minimum atomic E-state index is 0.772. The van der Waals surface area contributed by atoms with Crippen molar-refractivity contribution in [3.8, 4) is 5.69 Å². The fraction of sp³-hybridized carbons (Fsp3) is 0.200. The highest BCUT2D eigenvalue weighted by Gasteiger charge is 2.04. The summed E-state index contributed by atoms with van der Waals surface area (Å²) in [5.74, 6) is 0.943. The van der Waals surface area contributed by atoms with E-state index in [1.807, 2.05) is 42.2 Å². The molecule has 3 rings (SSSR count). The number of para-hydroxylation sites is 1. The number of imidazole rings is 1. The molecule has 0 aliphatic heterocycles. The largest absolute Gasteiger partial charge is 0.345 e. The zero-order valence-corrected chi connectivity index (χ0v) is 11.4. The number of nitrogens with zero attached hydrogens (tertiary/aromatic N) is 3. The van der Waals surface area contributed by atoms with Crippen molar-refractivity contribution in [3.05, 3.63) is 66.0 Å². The highest BCUT2D eigenvalue weighted by atomic mass is 15.3. The average molecular weight is 267 g/mol. The van der Waals surface area contributed by atoms with Gasteiger partial charge in [0.1, 0.15) is 5.82 Å². The zero-order valence-electron chi connectivity index (χ0n) is 11.4. The number of hydrogen-bond donors (Lipinski definition) is 2. The van der Waals surface area contributed by atoms with Gasteiger partial charge in [-0.2, -0.15) is 5.10 Å². The summed E-state index contributed by atoms with van der Waals surface area (Å²) in [6.07, 6.45) is 5.61. The first kappa shape index (κ1) is 12.6. The van der Waals surface area contributed by atoms with Crippen molar-refractivity contribution in [1.29, 1.82) is 0 Å². The van der Waals surface area contributed by atoms with Crippen molar-refractivity contribution in [2.24, 2.45) is 0 Å². The second-order valence-electron chi connectivity index (χ2n) is 4.68. The van der Waals surface area contributed by atoms with Gasteiger partial charge in [0, 0.05) is 37.4 Å². The molecule has 0 saturated heterocycles. The Morgan fingerprint density at radius 2 is 2.10 bits per heavy atom. The van der Waals surface area contributed by atoms with E-state index in [4.69, 9.17) is 0 Å². The number of benzene rings is 1. The maximum Gasteiger partial charge on any atom is 0.103 e. The second-order valence-corrected chi connectivity index (χ2v) is 4.68. The van der Waals surface area contributed by atoms with Crippen LogP contribution in [-0.4, -0.2) is 19.7 Å². The quantitative estimate of drug-likeness (QED) is 0.745. The zero-order chi connectivity index (χ0) is 13.8. The van der Waals surface area contributed by atoms with Crippen LogP contribution in [-0.2, 0) is 13.1 Å². The summed E-state index contributed by atoms with van der Waals surface area (Å²) < 4.78 is 1.89. The minimum Gasteiger partial charge on any atom is -0.345 e. The molecule has 0 bridgehead atoms. The summed E-state index contributed by atoms with van der Waals surface area (Å²) in [5.41, 5.74) is 3.41. The van der Waals surface area contributed by atoms with Crippen molar-refractivity contribution in [3.63, 3.8) is 0 Å². The van der Waals surface area contributed by atoms with Crippen LogP contribution in [0, 0.1) is 6.92 Å². The van der Waals surface area contributed by atoms with Crippen molar-refractivity contribution < 1.29 is 0 Å². The Morgan fingerprint density at radius 3 is 2.85 bits per heavy atom. The van der Waals surface area contributed by atoms with Gasteiger partial charge in [-0.05, 0) is 24.6 Å². The monoisotopic (exact) mass is 267 g/mol. The van der Waals surface area contributed by atoms with Crippen LogP contribution in [0.5, 0.6) is 0 Å². The summed E-state index contributed by atoms with van der Waals surface area (Å²) in [6, 6.07) is 10.2. The van der Waals surface area contributed by atoms with Crippen LogP contribution in [0.4, 0.5) is 0 Å².